The Bertz CT molecular complexity index is 493. The van der Waals surface area contributed by atoms with Crippen molar-refractivity contribution in [3.05, 3.63) is 29.3 Å². The number of benzene rings is 1. The van der Waals surface area contributed by atoms with Gasteiger partial charge in [-0.1, -0.05) is 13.3 Å². The standard InChI is InChI=1S/C14H18F2N2O/c1-2-14(4-3-5-14)8-18-13(19)10-6-9(15)7-11(17)12(10)16/h6-7H,2-5,8,17H2,1H3,(H,18,19). The van der Waals surface area contributed by atoms with Gasteiger partial charge in [-0.15, -0.1) is 0 Å². The maximum Gasteiger partial charge on any atom is 0.254 e. The SMILES string of the molecule is CCC1(CNC(=O)c2cc(F)cc(N)c2F)CCC1. The summed E-state index contributed by atoms with van der Waals surface area (Å²) in [6.45, 7) is 2.57. The second-order valence-electron chi connectivity index (χ2n) is 5.25. The van der Waals surface area contributed by atoms with E-state index in [0.29, 0.717) is 6.54 Å². The second-order valence-corrected chi connectivity index (χ2v) is 5.25. The van der Waals surface area contributed by atoms with Crippen LogP contribution in [0, 0.1) is 17.0 Å². The van der Waals surface area contributed by atoms with E-state index < -0.39 is 17.5 Å². The van der Waals surface area contributed by atoms with Crippen molar-refractivity contribution in [2.45, 2.75) is 32.6 Å². The van der Waals surface area contributed by atoms with Crippen LogP contribution in [0.1, 0.15) is 43.0 Å². The Morgan fingerprint density at radius 2 is 2.11 bits per heavy atom. The number of amides is 1. The summed E-state index contributed by atoms with van der Waals surface area (Å²) in [5.41, 5.74) is 4.76. The van der Waals surface area contributed by atoms with Crippen LogP contribution >= 0.6 is 0 Å². The molecule has 0 aliphatic heterocycles. The Labute approximate surface area is 111 Å². The van der Waals surface area contributed by atoms with Crippen molar-refractivity contribution >= 4 is 11.6 Å². The average molecular weight is 268 g/mol. The summed E-state index contributed by atoms with van der Waals surface area (Å²) in [6, 6.07) is 1.74. The van der Waals surface area contributed by atoms with Crippen LogP contribution in [-0.2, 0) is 0 Å². The van der Waals surface area contributed by atoms with Gasteiger partial charge in [0.25, 0.3) is 5.91 Å². The van der Waals surface area contributed by atoms with Crippen molar-refractivity contribution in [2.24, 2.45) is 5.41 Å². The molecule has 1 aliphatic carbocycles. The van der Waals surface area contributed by atoms with Crippen LogP contribution < -0.4 is 11.1 Å². The number of nitrogens with one attached hydrogen (secondary N) is 1. The van der Waals surface area contributed by atoms with Crippen LogP contribution in [0.25, 0.3) is 0 Å². The van der Waals surface area contributed by atoms with Gasteiger partial charge >= 0.3 is 0 Å². The highest BCUT2D eigenvalue weighted by molar-refractivity contribution is 5.95. The van der Waals surface area contributed by atoms with Gasteiger partial charge in [-0.25, -0.2) is 8.78 Å². The second kappa shape index (κ2) is 5.15. The zero-order valence-electron chi connectivity index (χ0n) is 10.9. The highest BCUT2D eigenvalue weighted by atomic mass is 19.1. The monoisotopic (exact) mass is 268 g/mol. The zero-order valence-corrected chi connectivity index (χ0v) is 10.9. The Morgan fingerprint density at radius 3 is 2.63 bits per heavy atom. The number of nitrogens with two attached hydrogens (primary N) is 1. The molecule has 0 spiro atoms. The predicted octanol–water partition coefficient (Wildman–Crippen LogP) is 2.86. The molecule has 104 valence electrons. The lowest BCUT2D eigenvalue weighted by Gasteiger charge is -2.41. The van der Waals surface area contributed by atoms with E-state index in [1.54, 1.807) is 0 Å². The molecule has 1 aromatic carbocycles. The normalized spacial score (nSPS) is 16.8. The summed E-state index contributed by atoms with van der Waals surface area (Å²) in [7, 11) is 0. The molecule has 5 heteroatoms. The number of hydrogen-bond donors (Lipinski definition) is 2. The molecule has 0 atom stereocenters. The van der Waals surface area contributed by atoms with Crippen LogP contribution in [0.5, 0.6) is 0 Å². The molecule has 0 heterocycles. The van der Waals surface area contributed by atoms with Gasteiger partial charge in [-0.3, -0.25) is 4.79 Å². The number of carbonyl (C=O) groups excluding carboxylic acids is 1. The maximum absolute atomic E-state index is 13.7. The molecule has 1 aromatic rings. The highest BCUT2D eigenvalue weighted by Gasteiger charge is 2.35. The third kappa shape index (κ3) is 2.69. The molecule has 1 aliphatic rings. The number of halogens is 2. The number of carbonyl (C=O) groups is 1. The first-order chi connectivity index (χ1) is 8.97. The van der Waals surface area contributed by atoms with E-state index in [0.717, 1.165) is 37.8 Å². The molecular formula is C14H18F2N2O. The van der Waals surface area contributed by atoms with Gasteiger partial charge in [-0.05, 0) is 36.8 Å². The summed E-state index contributed by atoms with van der Waals surface area (Å²) >= 11 is 0. The van der Waals surface area contributed by atoms with Gasteiger partial charge in [0, 0.05) is 6.54 Å². The van der Waals surface area contributed by atoms with Gasteiger partial charge in [0.05, 0.1) is 11.3 Å². The van der Waals surface area contributed by atoms with Gasteiger partial charge in [0.2, 0.25) is 0 Å². The van der Waals surface area contributed by atoms with Crippen molar-refractivity contribution in [3.8, 4) is 0 Å². The van der Waals surface area contributed by atoms with Gasteiger partial charge in [-0.2, -0.15) is 0 Å². The predicted molar refractivity (Wildman–Crippen MR) is 69.7 cm³/mol. The molecule has 1 saturated carbocycles. The lowest BCUT2D eigenvalue weighted by atomic mass is 9.67. The average Bonchev–Trinajstić information content (AvgIpc) is 2.32. The Balaban J connectivity index is 2.08. The molecular weight excluding hydrogens is 250 g/mol. The number of nitrogen functional groups attached to an aromatic ring is 1. The quantitative estimate of drug-likeness (QED) is 0.825. The molecule has 1 amide bonds. The van der Waals surface area contributed by atoms with E-state index in [2.05, 4.69) is 12.2 Å². The highest BCUT2D eigenvalue weighted by Crippen LogP contribution is 2.43. The van der Waals surface area contributed by atoms with Crippen LogP contribution in [0.4, 0.5) is 14.5 Å². The summed E-state index contributed by atoms with van der Waals surface area (Å²) in [6.07, 6.45) is 4.27. The molecule has 0 bridgehead atoms. The van der Waals surface area contributed by atoms with E-state index in [9.17, 15) is 13.6 Å². The number of anilines is 1. The van der Waals surface area contributed by atoms with Crippen molar-refractivity contribution in [2.75, 3.05) is 12.3 Å². The molecule has 3 nitrogen and oxygen atoms in total. The zero-order chi connectivity index (χ0) is 14.0. The van der Waals surface area contributed by atoms with Crippen LogP contribution in [0.3, 0.4) is 0 Å². The Kier molecular flexibility index (Phi) is 3.73. The molecule has 3 N–H and O–H groups in total. The first kappa shape index (κ1) is 13.8. The minimum atomic E-state index is -0.863. The maximum atomic E-state index is 13.7. The third-order valence-electron chi connectivity index (χ3n) is 4.10. The first-order valence-corrected chi connectivity index (χ1v) is 6.50. The molecule has 0 radical (unpaired) electrons. The van der Waals surface area contributed by atoms with E-state index in [-0.39, 0.29) is 16.7 Å². The molecule has 0 saturated heterocycles. The van der Waals surface area contributed by atoms with Crippen LogP contribution in [0.15, 0.2) is 12.1 Å². The lowest BCUT2D eigenvalue weighted by molar-refractivity contribution is 0.0846. The Morgan fingerprint density at radius 1 is 1.42 bits per heavy atom. The molecule has 1 fully saturated rings. The summed E-state index contributed by atoms with van der Waals surface area (Å²) in [5.74, 6) is -2.18. The fourth-order valence-electron chi connectivity index (χ4n) is 2.47. The fourth-order valence-corrected chi connectivity index (χ4v) is 2.47. The van der Waals surface area contributed by atoms with Crippen molar-refractivity contribution in [1.82, 2.24) is 5.32 Å². The first-order valence-electron chi connectivity index (χ1n) is 6.50. The molecule has 19 heavy (non-hydrogen) atoms. The van der Waals surface area contributed by atoms with E-state index in [1.165, 1.54) is 0 Å². The summed E-state index contributed by atoms with van der Waals surface area (Å²) in [5, 5.41) is 2.69. The molecule has 2 rings (SSSR count). The molecule has 0 aromatic heterocycles. The number of hydrogen-bond acceptors (Lipinski definition) is 2. The van der Waals surface area contributed by atoms with Gasteiger partial charge in [0.15, 0.2) is 5.82 Å². The van der Waals surface area contributed by atoms with E-state index in [1.807, 2.05) is 0 Å². The largest absolute Gasteiger partial charge is 0.396 e. The smallest absolute Gasteiger partial charge is 0.254 e. The fraction of sp³-hybridized carbons (Fsp3) is 0.500. The number of rotatable bonds is 4. The van der Waals surface area contributed by atoms with Crippen molar-refractivity contribution in [3.63, 3.8) is 0 Å². The summed E-state index contributed by atoms with van der Waals surface area (Å²) in [4.78, 5) is 11.9. The van der Waals surface area contributed by atoms with Crippen LogP contribution in [0.2, 0.25) is 0 Å². The van der Waals surface area contributed by atoms with Crippen LogP contribution in [-0.4, -0.2) is 12.5 Å². The lowest BCUT2D eigenvalue weighted by Crippen LogP contribution is -2.41. The van der Waals surface area contributed by atoms with E-state index in [4.69, 9.17) is 5.73 Å². The summed E-state index contributed by atoms with van der Waals surface area (Å²) < 4.78 is 26.8. The molecule has 0 unspecified atom stereocenters. The minimum absolute atomic E-state index is 0.130. The Hall–Kier alpha value is -1.65. The minimum Gasteiger partial charge on any atom is -0.396 e. The van der Waals surface area contributed by atoms with Gasteiger partial charge in [0.1, 0.15) is 5.82 Å². The van der Waals surface area contributed by atoms with E-state index >= 15 is 0 Å². The topological polar surface area (TPSA) is 55.1 Å². The third-order valence-corrected chi connectivity index (χ3v) is 4.10. The van der Waals surface area contributed by atoms with Gasteiger partial charge < -0.3 is 11.1 Å². The van der Waals surface area contributed by atoms with Crippen molar-refractivity contribution in [1.29, 1.82) is 0 Å². The van der Waals surface area contributed by atoms with Crippen molar-refractivity contribution < 1.29 is 13.6 Å².